The summed E-state index contributed by atoms with van der Waals surface area (Å²) in [4.78, 5) is 2.17. The molecule has 0 unspecified atom stereocenters. The molecule has 3 aromatic rings. The number of hydrogen-bond donors (Lipinski definition) is 1. The second-order valence-corrected chi connectivity index (χ2v) is 6.36. The van der Waals surface area contributed by atoms with E-state index in [4.69, 9.17) is 9.15 Å². The van der Waals surface area contributed by atoms with Gasteiger partial charge >= 0.3 is 0 Å². The SMILES string of the molecule is Fc1cc(N2CCN[C@H](COCc3ccccc3)C2)c2occc2c1. The average Bonchev–Trinajstić information content (AvgIpc) is 3.10. The molecule has 1 aliphatic heterocycles. The van der Waals surface area contributed by atoms with Crippen LogP contribution in [-0.4, -0.2) is 32.3 Å². The molecule has 0 spiro atoms. The van der Waals surface area contributed by atoms with Gasteiger partial charge in [0.2, 0.25) is 0 Å². The van der Waals surface area contributed by atoms with Gasteiger partial charge in [0, 0.05) is 37.1 Å². The Morgan fingerprint density at radius 1 is 1.20 bits per heavy atom. The van der Waals surface area contributed by atoms with Crippen LogP contribution in [0.5, 0.6) is 0 Å². The van der Waals surface area contributed by atoms with E-state index < -0.39 is 0 Å². The van der Waals surface area contributed by atoms with Gasteiger partial charge in [0.1, 0.15) is 5.82 Å². The van der Waals surface area contributed by atoms with Crippen molar-refractivity contribution < 1.29 is 13.5 Å². The fraction of sp³-hybridized carbons (Fsp3) is 0.300. The number of piperazine rings is 1. The zero-order valence-corrected chi connectivity index (χ0v) is 14.0. The van der Waals surface area contributed by atoms with Gasteiger partial charge in [-0.05, 0) is 17.7 Å². The number of nitrogens with zero attached hydrogens (tertiary/aromatic N) is 1. The highest BCUT2D eigenvalue weighted by atomic mass is 19.1. The van der Waals surface area contributed by atoms with Gasteiger partial charge in [-0.1, -0.05) is 30.3 Å². The van der Waals surface area contributed by atoms with Crippen molar-refractivity contribution in [1.29, 1.82) is 0 Å². The summed E-state index contributed by atoms with van der Waals surface area (Å²) in [7, 11) is 0. The molecule has 2 aromatic carbocycles. The molecule has 2 heterocycles. The fourth-order valence-corrected chi connectivity index (χ4v) is 3.31. The number of anilines is 1. The van der Waals surface area contributed by atoms with Crippen LogP contribution in [0.1, 0.15) is 5.56 Å². The highest BCUT2D eigenvalue weighted by molar-refractivity contribution is 5.89. The molecule has 130 valence electrons. The highest BCUT2D eigenvalue weighted by Crippen LogP contribution is 2.29. The number of furan rings is 1. The summed E-state index contributed by atoms with van der Waals surface area (Å²) in [6.45, 7) is 3.62. The first-order chi connectivity index (χ1) is 12.3. The van der Waals surface area contributed by atoms with E-state index in [-0.39, 0.29) is 11.9 Å². The second-order valence-electron chi connectivity index (χ2n) is 6.36. The molecule has 0 amide bonds. The van der Waals surface area contributed by atoms with E-state index in [2.05, 4.69) is 22.3 Å². The van der Waals surface area contributed by atoms with Crippen molar-refractivity contribution in [2.45, 2.75) is 12.6 Å². The van der Waals surface area contributed by atoms with E-state index in [1.54, 1.807) is 18.4 Å². The molecule has 1 aliphatic rings. The van der Waals surface area contributed by atoms with Gasteiger partial charge in [0.05, 0.1) is 25.2 Å². The van der Waals surface area contributed by atoms with Crippen LogP contribution in [0.4, 0.5) is 10.1 Å². The number of rotatable bonds is 5. The summed E-state index contributed by atoms with van der Waals surface area (Å²) in [5, 5.41) is 4.27. The number of benzene rings is 2. The summed E-state index contributed by atoms with van der Waals surface area (Å²) in [5.74, 6) is -0.237. The molecular formula is C20H21FN2O2. The molecule has 5 heteroatoms. The van der Waals surface area contributed by atoms with Crippen LogP contribution in [0.15, 0.2) is 59.2 Å². The summed E-state index contributed by atoms with van der Waals surface area (Å²) in [6, 6.07) is 15.2. The first-order valence-electron chi connectivity index (χ1n) is 8.56. The van der Waals surface area contributed by atoms with Crippen LogP contribution in [0, 0.1) is 5.82 Å². The van der Waals surface area contributed by atoms with E-state index in [0.29, 0.717) is 13.2 Å². The molecule has 4 rings (SSSR count). The lowest BCUT2D eigenvalue weighted by molar-refractivity contribution is 0.0972. The van der Waals surface area contributed by atoms with E-state index in [1.165, 1.54) is 6.07 Å². The van der Waals surface area contributed by atoms with Gasteiger partial charge in [-0.15, -0.1) is 0 Å². The minimum Gasteiger partial charge on any atom is -0.462 e. The van der Waals surface area contributed by atoms with Gasteiger partial charge in [-0.2, -0.15) is 0 Å². The Labute approximate surface area is 146 Å². The van der Waals surface area contributed by atoms with Crippen LogP contribution in [0.25, 0.3) is 11.0 Å². The van der Waals surface area contributed by atoms with E-state index in [9.17, 15) is 4.39 Å². The van der Waals surface area contributed by atoms with Crippen molar-refractivity contribution in [3.8, 4) is 0 Å². The van der Waals surface area contributed by atoms with Crippen LogP contribution in [0.3, 0.4) is 0 Å². The van der Waals surface area contributed by atoms with Crippen LogP contribution in [0.2, 0.25) is 0 Å². The molecule has 1 aromatic heterocycles. The Kier molecular flexibility index (Phi) is 4.68. The molecule has 4 nitrogen and oxygen atoms in total. The first kappa shape index (κ1) is 16.1. The first-order valence-corrected chi connectivity index (χ1v) is 8.56. The van der Waals surface area contributed by atoms with E-state index in [0.717, 1.165) is 41.9 Å². The van der Waals surface area contributed by atoms with Crippen molar-refractivity contribution in [2.24, 2.45) is 0 Å². The van der Waals surface area contributed by atoms with Crippen molar-refractivity contribution >= 4 is 16.7 Å². The Morgan fingerprint density at radius 3 is 2.96 bits per heavy atom. The maximum atomic E-state index is 13.9. The van der Waals surface area contributed by atoms with Crippen molar-refractivity contribution in [3.63, 3.8) is 0 Å². The summed E-state index contributed by atoms with van der Waals surface area (Å²) in [5.41, 5.74) is 2.72. The third-order valence-electron chi connectivity index (χ3n) is 4.52. The average molecular weight is 340 g/mol. The molecule has 1 saturated heterocycles. The largest absolute Gasteiger partial charge is 0.462 e. The van der Waals surface area contributed by atoms with Gasteiger partial charge in [0.25, 0.3) is 0 Å². The third kappa shape index (κ3) is 3.67. The zero-order valence-electron chi connectivity index (χ0n) is 14.0. The maximum absolute atomic E-state index is 13.9. The number of nitrogens with one attached hydrogen (secondary N) is 1. The number of ether oxygens (including phenoxy) is 1. The molecule has 25 heavy (non-hydrogen) atoms. The number of fused-ring (bicyclic) bond motifs is 1. The molecule has 0 bridgehead atoms. The van der Waals surface area contributed by atoms with Gasteiger partial charge in [-0.3, -0.25) is 0 Å². The lowest BCUT2D eigenvalue weighted by Crippen LogP contribution is -2.52. The zero-order chi connectivity index (χ0) is 17.1. The van der Waals surface area contributed by atoms with Crippen molar-refractivity contribution in [2.75, 3.05) is 31.1 Å². The van der Waals surface area contributed by atoms with Crippen LogP contribution in [-0.2, 0) is 11.3 Å². The van der Waals surface area contributed by atoms with E-state index >= 15 is 0 Å². The minimum absolute atomic E-state index is 0.200. The van der Waals surface area contributed by atoms with Crippen molar-refractivity contribution in [1.82, 2.24) is 5.32 Å². The van der Waals surface area contributed by atoms with Crippen LogP contribution < -0.4 is 10.2 Å². The summed E-state index contributed by atoms with van der Waals surface area (Å²) < 4.78 is 25.3. The fourth-order valence-electron chi connectivity index (χ4n) is 3.31. The monoisotopic (exact) mass is 340 g/mol. The molecule has 1 N–H and O–H groups in total. The Morgan fingerprint density at radius 2 is 2.08 bits per heavy atom. The lowest BCUT2D eigenvalue weighted by Gasteiger charge is -2.35. The summed E-state index contributed by atoms with van der Waals surface area (Å²) in [6.07, 6.45) is 1.61. The normalized spacial score (nSPS) is 18.0. The Bertz CT molecular complexity index is 834. The highest BCUT2D eigenvalue weighted by Gasteiger charge is 2.22. The standard InChI is InChI=1S/C20H21FN2O2/c21-17-10-16-6-9-25-20(16)19(11-17)23-8-7-22-18(12-23)14-24-13-15-4-2-1-3-5-15/h1-6,9-11,18,22H,7-8,12-14H2/t18-/m0/s1. The van der Waals surface area contributed by atoms with Gasteiger partial charge in [-0.25, -0.2) is 4.39 Å². The predicted octanol–water partition coefficient (Wildman–Crippen LogP) is 3.57. The third-order valence-corrected chi connectivity index (χ3v) is 4.52. The number of hydrogen-bond acceptors (Lipinski definition) is 4. The molecule has 1 atom stereocenters. The Hall–Kier alpha value is -2.37. The molecule has 1 fully saturated rings. The maximum Gasteiger partial charge on any atom is 0.157 e. The quantitative estimate of drug-likeness (QED) is 0.771. The molecule has 0 aliphatic carbocycles. The second kappa shape index (κ2) is 7.25. The molecule has 0 radical (unpaired) electrons. The summed E-state index contributed by atoms with van der Waals surface area (Å²) >= 11 is 0. The van der Waals surface area contributed by atoms with E-state index in [1.807, 2.05) is 18.2 Å². The van der Waals surface area contributed by atoms with Crippen LogP contribution >= 0.6 is 0 Å². The Balaban J connectivity index is 1.41. The predicted molar refractivity (Wildman–Crippen MR) is 96.3 cm³/mol. The molecule has 0 saturated carbocycles. The smallest absolute Gasteiger partial charge is 0.157 e. The minimum atomic E-state index is -0.237. The lowest BCUT2D eigenvalue weighted by atomic mass is 10.1. The van der Waals surface area contributed by atoms with Crippen molar-refractivity contribution in [3.05, 3.63) is 66.2 Å². The number of halogens is 1. The topological polar surface area (TPSA) is 37.6 Å². The van der Waals surface area contributed by atoms with Gasteiger partial charge in [0.15, 0.2) is 5.58 Å². The molecular weight excluding hydrogens is 319 g/mol. The van der Waals surface area contributed by atoms with Gasteiger partial charge < -0.3 is 19.4 Å².